The Balaban J connectivity index is 1.69. The molecule has 0 aliphatic rings. The van der Waals surface area contributed by atoms with Crippen LogP contribution in [0.5, 0.6) is 0 Å². The van der Waals surface area contributed by atoms with E-state index in [0.29, 0.717) is 6.54 Å². The maximum absolute atomic E-state index is 12.3. The van der Waals surface area contributed by atoms with Gasteiger partial charge in [-0.05, 0) is 30.7 Å². The minimum Gasteiger partial charge on any atom is -0.378 e. The van der Waals surface area contributed by atoms with Crippen molar-refractivity contribution in [1.82, 2.24) is 15.1 Å². The third-order valence-corrected chi connectivity index (χ3v) is 5.03. The zero-order valence-electron chi connectivity index (χ0n) is 13.8. The number of benzene rings is 1. The van der Waals surface area contributed by atoms with Crippen molar-refractivity contribution in [3.8, 4) is 0 Å². The highest BCUT2D eigenvalue weighted by molar-refractivity contribution is 7.20. The highest BCUT2D eigenvalue weighted by Gasteiger charge is 2.14. The molecule has 0 bridgehead atoms. The Labute approximate surface area is 139 Å². The summed E-state index contributed by atoms with van der Waals surface area (Å²) in [6.07, 6.45) is 0. The SMILES string of the molecule is Cc1nn(C)c2sc(C(=O)NCc3ccc(N(C)C)cc3)cc12. The van der Waals surface area contributed by atoms with Crippen LogP contribution in [-0.4, -0.2) is 29.8 Å². The van der Waals surface area contributed by atoms with Crippen molar-refractivity contribution in [1.29, 1.82) is 0 Å². The van der Waals surface area contributed by atoms with Crippen molar-refractivity contribution < 1.29 is 4.79 Å². The summed E-state index contributed by atoms with van der Waals surface area (Å²) in [6, 6.07) is 10.1. The second-order valence-corrected chi connectivity index (χ2v) is 6.81. The highest BCUT2D eigenvalue weighted by atomic mass is 32.1. The molecule has 0 atom stereocenters. The van der Waals surface area contributed by atoms with Gasteiger partial charge in [-0.25, -0.2) is 0 Å². The predicted molar refractivity (Wildman–Crippen MR) is 95.3 cm³/mol. The van der Waals surface area contributed by atoms with Gasteiger partial charge in [-0.2, -0.15) is 5.10 Å². The number of hydrogen-bond acceptors (Lipinski definition) is 4. The van der Waals surface area contributed by atoms with Gasteiger partial charge in [-0.1, -0.05) is 12.1 Å². The molecule has 3 rings (SSSR count). The van der Waals surface area contributed by atoms with Crippen LogP contribution in [0.1, 0.15) is 20.9 Å². The van der Waals surface area contributed by atoms with E-state index < -0.39 is 0 Å². The summed E-state index contributed by atoms with van der Waals surface area (Å²) in [5.41, 5.74) is 3.19. The number of thiophene rings is 1. The number of nitrogens with one attached hydrogen (secondary N) is 1. The molecule has 1 N–H and O–H groups in total. The lowest BCUT2D eigenvalue weighted by atomic mass is 10.2. The zero-order valence-corrected chi connectivity index (χ0v) is 14.6. The normalized spacial score (nSPS) is 11.0. The lowest BCUT2D eigenvalue weighted by Crippen LogP contribution is -2.21. The van der Waals surface area contributed by atoms with Gasteiger partial charge in [0.05, 0.1) is 10.6 Å². The van der Waals surface area contributed by atoms with Crippen LogP contribution in [0, 0.1) is 6.92 Å². The molecule has 0 radical (unpaired) electrons. The van der Waals surface area contributed by atoms with E-state index in [2.05, 4.69) is 27.4 Å². The predicted octanol–water partition coefficient (Wildman–Crippen LogP) is 2.94. The van der Waals surface area contributed by atoms with E-state index in [4.69, 9.17) is 0 Å². The number of nitrogens with zero attached hydrogens (tertiary/aromatic N) is 3. The van der Waals surface area contributed by atoms with E-state index in [9.17, 15) is 4.79 Å². The van der Waals surface area contributed by atoms with Gasteiger partial charge in [-0.3, -0.25) is 9.48 Å². The number of anilines is 1. The lowest BCUT2D eigenvalue weighted by molar-refractivity contribution is 0.0955. The van der Waals surface area contributed by atoms with Crippen molar-refractivity contribution in [3.63, 3.8) is 0 Å². The van der Waals surface area contributed by atoms with E-state index in [-0.39, 0.29) is 5.91 Å². The van der Waals surface area contributed by atoms with Crippen molar-refractivity contribution >= 4 is 33.1 Å². The van der Waals surface area contributed by atoms with E-state index >= 15 is 0 Å². The molecule has 0 unspecified atom stereocenters. The summed E-state index contributed by atoms with van der Waals surface area (Å²) in [7, 11) is 5.92. The number of fused-ring (bicyclic) bond motifs is 1. The Hall–Kier alpha value is -2.34. The van der Waals surface area contributed by atoms with Gasteiger partial charge < -0.3 is 10.2 Å². The van der Waals surface area contributed by atoms with Gasteiger partial charge in [0.2, 0.25) is 0 Å². The summed E-state index contributed by atoms with van der Waals surface area (Å²) in [6.45, 7) is 2.49. The van der Waals surface area contributed by atoms with Crippen LogP contribution in [0.2, 0.25) is 0 Å². The van der Waals surface area contributed by atoms with Gasteiger partial charge in [0.1, 0.15) is 4.83 Å². The molecule has 3 aromatic rings. The maximum Gasteiger partial charge on any atom is 0.261 e. The van der Waals surface area contributed by atoms with E-state index in [1.807, 2.05) is 50.9 Å². The van der Waals surface area contributed by atoms with Crippen LogP contribution >= 0.6 is 11.3 Å². The summed E-state index contributed by atoms with van der Waals surface area (Å²) < 4.78 is 1.83. The van der Waals surface area contributed by atoms with Crippen molar-refractivity contribution in [2.75, 3.05) is 19.0 Å². The number of carbonyl (C=O) groups excluding carboxylic acids is 1. The van der Waals surface area contributed by atoms with Crippen molar-refractivity contribution in [3.05, 3.63) is 46.5 Å². The molecule has 0 saturated heterocycles. The van der Waals surface area contributed by atoms with Gasteiger partial charge in [0, 0.05) is 38.8 Å². The third kappa shape index (κ3) is 3.07. The average molecular weight is 328 g/mol. The Morgan fingerprint density at radius 1 is 1.30 bits per heavy atom. The smallest absolute Gasteiger partial charge is 0.261 e. The molecule has 6 heteroatoms. The quantitative estimate of drug-likeness (QED) is 0.801. The fourth-order valence-corrected chi connectivity index (χ4v) is 3.54. The Bertz CT molecular complexity index is 811. The summed E-state index contributed by atoms with van der Waals surface area (Å²) in [5.74, 6) is -0.0395. The fraction of sp³-hybridized carbons (Fsp3) is 0.294. The monoisotopic (exact) mass is 328 g/mol. The van der Waals surface area contributed by atoms with E-state index in [1.54, 1.807) is 0 Å². The van der Waals surface area contributed by atoms with Gasteiger partial charge in [0.15, 0.2) is 0 Å². The molecule has 120 valence electrons. The molecule has 23 heavy (non-hydrogen) atoms. The molecule has 0 fully saturated rings. The molecule has 0 aliphatic heterocycles. The van der Waals surface area contributed by atoms with Gasteiger partial charge >= 0.3 is 0 Å². The largest absolute Gasteiger partial charge is 0.378 e. The first-order valence-electron chi connectivity index (χ1n) is 7.43. The molecular formula is C17H20N4OS. The highest BCUT2D eigenvalue weighted by Crippen LogP contribution is 2.27. The van der Waals surface area contributed by atoms with E-state index in [1.165, 1.54) is 11.3 Å². The molecule has 0 aliphatic carbocycles. The summed E-state index contributed by atoms with van der Waals surface area (Å²) >= 11 is 1.48. The van der Waals surface area contributed by atoms with Crippen molar-refractivity contribution in [2.45, 2.75) is 13.5 Å². The first-order chi connectivity index (χ1) is 11.0. The minimum atomic E-state index is -0.0395. The Morgan fingerprint density at radius 3 is 2.61 bits per heavy atom. The molecule has 2 aromatic heterocycles. The molecule has 1 amide bonds. The van der Waals surface area contributed by atoms with Crippen LogP contribution in [0.25, 0.3) is 10.2 Å². The van der Waals surface area contributed by atoms with E-state index in [0.717, 1.165) is 32.0 Å². The molecule has 1 aromatic carbocycles. The van der Waals surface area contributed by atoms with Crippen LogP contribution < -0.4 is 10.2 Å². The fourth-order valence-electron chi connectivity index (χ4n) is 2.50. The number of rotatable bonds is 4. The van der Waals surface area contributed by atoms with Crippen LogP contribution in [0.15, 0.2) is 30.3 Å². The Morgan fingerprint density at radius 2 is 2.00 bits per heavy atom. The zero-order chi connectivity index (χ0) is 16.6. The topological polar surface area (TPSA) is 50.2 Å². The van der Waals surface area contributed by atoms with Crippen LogP contribution in [-0.2, 0) is 13.6 Å². The molecule has 2 heterocycles. The Kier molecular flexibility index (Phi) is 4.09. The van der Waals surface area contributed by atoms with Gasteiger partial charge in [0.25, 0.3) is 5.91 Å². The number of hydrogen-bond donors (Lipinski definition) is 1. The number of amides is 1. The minimum absolute atomic E-state index is 0.0395. The lowest BCUT2D eigenvalue weighted by Gasteiger charge is -2.12. The number of aryl methyl sites for hydroxylation is 2. The molecule has 0 spiro atoms. The summed E-state index contributed by atoms with van der Waals surface area (Å²) in [4.78, 5) is 16.1. The maximum atomic E-state index is 12.3. The third-order valence-electron chi connectivity index (χ3n) is 3.83. The van der Waals surface area contributed by atoms with Crippen LogP contribution in [0.4, 0.5) is 5.69 Å². The number of aromatic nitrogens is 2. The first kappa shape index (κ1) is 15.6. The molecular weight excluding hydrogens is 308 g/mol. The summed E-state index contributed by atoms with van der Waals surface area (Å²) in [5, 5.41) is 8.39. The first-order valence-corrected chi connectivity index (χ1v) is 8.25. The second kappa shape index (κ2) is 6.04. The number of carbonyl (C=O) groups is 1. The molecule has 0 saturated carbocycles. The molecule has 5 nitrogen and oxygen atoms in total. The van der Waals surface area contributed by atoms with Gasteiger partial charge in [-0.15, -0.1) is 11.3 Å². The van der Waals surface area contributed by atoms with Crippen LogP contribution in [0.3, 0.4) is 0 Å². The standard InChI is InChI=1S/C17H20N4OS/c1-11-14-9-15(23-17(14)21(4)19-11)16(22)18-10-12-5-7-13(8-6-12)20(2)3/h5-9H,10H2,1-4H3,(H,18,22). The average Bonchev–Trinajstić information content (AvgIpc) is 3.07. The van der Waals surface area contributed by atoms with Crippen molar-refractivity contribution in [2.24, 2.45) is 7.05 Å². The second-order valence-electron chi connectivity index (χ2n) is 5.78.